The number of nitrogens with one attached hydrogen (secondary N) is 1. The van der Waals surface area contributed by atoms with Crippen LogP contribution in [0.3, 0.4) is 0 Å². The number of halogens is 1. The lowest BCUT2D eigenvalue weighted by atomic mass is 10.2. The third-order valence-corrected chi connectivity index (χ3v) is 2.15. The van der Waals surface area contributed by atoms with Gasteiger partial charge in [0.2, 0.25) is 0 Å². The summed E-state index contributed by atoms with van der Waals surface area (Å²) in [7, 11) is 1.52. The molecular weight excluding hydrogens is 204 g/mol. The van der Waals surface area contributed by atoms with Crippen LogP contribution >= 0.6 is 11.6 Å². The van der Waals surface area contributed by atoms with Gasteiger partial charge in [-0.3, -0.25) is 4.79 Å². The van der Waals surface area contributed by atoms with E-state index in [-0.39, 0.29) is 0 Å². The first-order valence-electron chi connectivity index (χ1n) is 3.93. The van der Waals surface area contributed by atoms with Crippen LogP contribution in [-0.2, 0) is 0 Å². The van der Waals surface area contributed by atoms with Crippen molar-refractivity contribution in [3.8, 4) is 5.75 Å². The van der Waals surface area contributed by atoms with Crippen molar-refractivity contribution in [3.05, 3.63) is 24.0 Å². The number of fused-ring (bicyclic) bond motifs is 1. The molecule has 72 valence electrons. The van der Waals surface area contributed by atoms with E-state index in [1.165, 1.54) is 13.4 Å². The van der Waals surface area contributed by atoms with Gasteiger partial charge in [-0.2, -0.15) is 0 Å². The Morgan fingerprint density at radius 1 is 1.57 bits per heavy atom. The van der Waals surface area contributed by atoms with Crippen LogP contribution in [-0.4, -0.2) is 22.3 Å². The summed E-state index contributed by atoms with van der Waals surface area (Å²) >= 11 is 5.37. The van der Waals surface area contributed by atoms with E-state index in [0.717, 1.165) is 5.52 Å². The van der Waals surface area contributed by atoms with Crippen LogP contribution in [0.1, 0.15) is 10.4 Å². The summed E-state index contributed by atoms with van der Waals surface area (Å²) in [4.78, 5) is 17.9. The highest BCUT2D eigenvalue weighted by Gasteiger charge is 2.10. The van der Waals surface area contributed by atoms with Gasteiger partial charge >= 0.3 is 0 Å². The Bertz CT molecular complexity index is 493. The van der Waals surface area contributed by atoms with Gasteiger partial charge < -0.3 is 9.72 Å². The first-order chi connectivity index (χ1) is 6.72. The summed E-state index contributed by atoms with van der Waals surface area (Å²) in [6.07, 6.45) is 1.54. The highest BCUT2D eigenvalue weighted by Crippen LogP contribution is 2.25. The predicted octanol–water partition coefficient (Wildman–Crippen LogP) is 1.95. The molecule has 1 aromatic heterocycles. The number of carbonyl (C=O) groups excluding carboxylic acids is 1. The Kier molecular flexibility index (Phi) is 2.13. The standard InChI is InChI=1S/C9H7ClN2O2/c1-14-7-3-5(9(10)13)2-6-8(7)12-4-11-6/h2-4H,1H3,(H,11,12). The molecule has 0 bridgehead atoms. The number of benzene rings is 1. The fraction of sp³-hybridized carbons (Fsp3) is 0.111. The Balaban J connectivity index is 2.73. The van der Waals surface area contributed by atoms with Crippen molar-refractivity contribution in [2.45, 2.75) is 0 Å². The molecule has 2 aromatic rings. The van der Waals surface area contributed by atoms with Crippen LogP contribution in [0.5, 0.6) is 5.75 Å². The van der Waals surface area contributed by atoms with Crippen molar-refractivity contribution >= 4 is 27.9 Å². The average molecular weight is 211 g/mol. The quantitative estimate of drug-likeness (QED) is 0.771. The number of ether oxygens (including phenoxy) is 1. The van der Waals surface area contributed by atoms with Crippen molar-refractivity contribution in [1.82, 2.24) is 9.97 Å². The zero-order valence-electron chi connectivity index (χ0n) is 7.37. The fourth-order valence-corrected chi connectivity index (χ4v) is 1.40. The third-order valence-electron chi connectivity index (χ3n) is 1.94. The molecule has 0 saturated heterocycles. The minimum atomic E-state index is -0.514. The Hall–Kier alpha value is -1.55. The minimum Gasteiger partial charge on any atom is -0.494 e. The van der Waals surface area contributed by atoms with E-state index in [1.807, 2.05) is 0 Å². The van der Waals surface area contributed by atoms with Gasteiger partial charge in [-0.1, -0.05) is 0 Å². The van der Waals surface area contributed by atoms with E-state index in [9.17, 15) is 4.79 Å². The van der Waals surface area contributed by atoms with Gasteiger partial charge in [0.25, 0.3) is 5.24 Å². The lowest BCUT2D eigenvalue weighted by Gasteiger charge is -2.02. The molecule has 1 heterocycles. The molecule has 5 heteroatoms. The zero-order chi connectivity index (χ0) is 10.1. The first-order valence-corrected chi connectivity index (χ1v) is 4.31. The van der Waals surface area contributed by atoms with E-state index in [0.29, 0.717) is 16.8 Å². The molecule has 0 fully saturated rings. The lowest BCUT2D eigenvalue weighted by Crippen LogP contribution is -1.92. The summed E-state index contributed by atoms with van der Waals surface area (Å²) in [5, 5.41) is -0.514. The number of hydrogen-bond donors (Lipinski definition) is 1. The van der Waals surface area contributed by atoms with Crippen LogP contribution in [0, 0.1) is 0 Å². The summed E-state index contributed by atoms with van der Waals surface area (Å²) < 4.78 is 5.08. The van der Waals surface area contributed by atoms with Gasteiger partial charge in [-0.25, -0.2) is 4.98 Å². The number of imidazole rings is 1. The molecule has 0 amide bonds. The van der Waals surface area contributed by atoms with Crippen molar-refractivity contribution in [1.29, 1.82) is 0 Å². The average Bonchev–Trinajstić information content (AvgIpc) is 2.63. The van der Waals surface area contributed by atoms with E-state index in [2.05, 4.69) is 9.97 Å². The molecular formula is C9H7ClN2O2. The Labute approximate surface area is 84.9 Å². The number of rotatable bonds is 2. The number of carbonyl (C=O) groups is 1. The van der Waals surface area contributed by atoms with Gasteiger partial charge in [0, 0.05) is 5.56 Å². The summed E-state index contributed by atoms with van der Waals surface area (Å²) in [5.41, 5.74) is 1.81. The maximum Gasteiger partial charge on any atom is 0.252 e. The molecule has 1 aromatic carbocycles. The SMILES string of the molecule is COc1cc(C(=O)Cl)cc2[nH]cnc12. The van der Waals surface area contributed by atoms with Crippen LogP contribution in [0.25, 0.3) is 11.0 Å². The van der Waals surface area contributed by atoms with E-state index >= 15 is 0 Å². The van der Waals surface area contributed by atoms with Crippen LogP contribution in [0.4, 0.5) is 0 Å². The second-order valence-electron chi connectivity index (χ2n) is 2.75. The molecule has 0 spiro atoms. The smallest absolute Gasteiger partial charge is 0.252 e. The number of hydrogen-bond acceptors (Lipinski definition) is 3. The van der Waals surface area contributed by atoms with Gasteiger partial charge in [0.1, 0.15) is 11.3 Å². The molecule has 14 heavy (non-hydrogen) atoms. The second kappa shape index (κ2) is 3.31. The van der Waals surface area contributed by atoms with Crippen molar-refractivity contribution in [2.24, 2.45) is 0 Å². The highest BCUT2D eigenvalue weighted by atomic mass is 35.5. The van der Waals surface area contributed by atoms with Gasteiger partial charge in [-0.15, -0.1) is 0 Å². The summed E-state index contributed by atoms with van der Waals surface area (Å²) in [5.74, 6) is 0.535. The summed E-state index contributed by atoms with van der Waals surface area (Å²) in [6, 6.07) is 3.21. The van der Waals surface area contributed by atoms with E-state index < -0.39 is 5.24 Å². The number of aromatic nitrogens is 2. The van der Waals surface area contributed by atoms with Crippen molar-refractivity contribution in [3.63, 3.8) is 0 Å². The first kappa shape index (κ1) is 9.02. The topological polar surface area (TPSA) is 55.0 Å². The van der Waals surface area contributed by atoms with Gasteiger partial charge in [0.05, 0.1) is 19.0 Å². The van der Waals surface area contributed by atoms with E-state index in [4.69, 9.17) is 16.3 Å². The predicted molar refractivity (Wildman–Crippen MR) is 52.8 cm³/mol. The van der Waals surface area contributed by atoms with Crippen molar-refractivity contribution < 1.29 is 9.53 Å². The van der Waals surface area contributed by atoms with Crippen LogP contribution in [0.15, 0.2) is 18.5 Å². The molecule has 4 nitrogen and oxygen atoms in total. The molecule has 0 aliphatic rings. The monoisotopic (exact) mass is 210 g/mol. The Morgan fingerprint density at radius 2 is 2.36 bits per heavy atom. The van der Waals surface area contributed by atoms with Gasteiger partial charge in [0.15, 0.2) is 0 Å². The molecule has 1 N–H and O–H groups in total. The molecule has 0 saturated carbocycles. The van der Waals surface area contributed by atoms with E-state index in [1.54, 1.807) is 12.1 Å². The molecule has 0 unspecified atom stereocenters. The largest absolute Gasteiger partial charge is 0.494 e. The summed E-state index contributed by atoms with van der Waals surface area (Å²) in [6.45, 7) is 0. The molecule has 0 atom stereocenters. The highest BCUT2D eigenvalue weighted by molar-refractivity contribution is 6.67. The molecule has 2 rings (SSSR count). The number of aromatic amines is 1. The minimum absolute atomic E-state index is 0.389. The third kappa shape index (κ3) is 1.33. The van der Waals surface area contributed by atoms with Gasteiger partial charge in [-0.05, 0) is 23.7 Å². The number of methoxy groups -OCH3 is 1. The maximum absolute atomic E-state index is 11.0. The fourth-order valence-electron chi connectivity index (χ4n) is 1.29. The van der Waals surface area contributed by atoms with Crippen molar-refractivity contribution in [2.75, 3.05) is 7.11 Å². The number of nitrogens with zero attached hydrogens (tertiary/aromatic N) is 1. The molecule has 0 aliphatic carbocycles. The normalized spacial score (nSPS) is 10.4. The second-order valence-corrected chi connectivity index (χ2v) is 3.09. The molecule has 0 aliphatic heterocycles. The number of H-pyrrole nitrogens is 1. The molecule has 0 radical (unpaired) electrons. The maximum atomic E-state index is 11.0. The van der Waals surface area contributed by atoms with Crippen LogP contribution in [0.2, 0.25) is 0 Å². The van der Waals surface area contributed by atoms with Crippen LogP contribution < -0.4 is 4.74 Å². The Morgan fingerprint density at radius 3 is 3.00 bits per heavy atom. The lowest BCUT2D eigenvalue weighted by molar-refractivity contribution is 0.108. The zero-order valence-corrected chi connectivity index (χ0v) is 8.13.